The first-order valence-electron chi connectivity index (χ1n) is 12.1. The van der Waals surface area contributed by atoms with E-state index in [0.717, 1.165) is 43.6 Å². The Morgan fingerprint density at radius 2 is 1.76 bits per heavy atom. The molecule has 33 heavy (non-hydrogen) atoms. The van der Waals surface area contributed by atoms with Gasteiger partial charge >= 0.3 is 6.09 Å². The Labute approximate surface area is 195 Å². The molecule has 1 aliphatic carbocycles. The lowest BCUT2D eigenvalue weighted by Crippen LogP contribution is -2.54. The van der Waals surface area contributed by atoms with Crippen molar-refractivity contribution in [1.29, 1.82) is 0 Å². The van der Waals surface area contributed by atoms with Crippen molar-refractivity contribution in [3.63, 3.8) is 0 Å². The Hall–Kier alpha value is -2.44. The number of likely N-dealkylation sites (tertiary alicyclic amines) is 1. The summed E-state index contributed by atoms with van der Waals surface area (Å²) in [5, 5.41) is 0. The normalized spacial score (nSPS) is 23.7. The molecule has 0 aromatic heterocycles. The third-order valence-corrected chi connectivity index (χ3v) is 7.68. The highest BCUT2D eigenvalue weighted by molar-refractivity contribution is 5.72. The van der Waals surface area contributed by atoms with Gasteiger partial charge in [0.1, 0.15) is 11.4 Å². The van der Waals surface area contributed by atoms with Gasteiger partial charge in [0, 0.05) is 38.6 Å². The zero-order valence-corrected chi connectivity index (χ0v) is 19.5. The first kappa shape index (κ1) is 22.4. The fourth-order valence-electron chi connectivity index (χ4n) is 5.51. The molecule has 2 aliphatic heterocycles. The van der Waals surface area contributed by atoms with E-state index in [2.05, 4.69) is 36.1 Å². The van der Waals surface area contributed by atoms with Crippen LogP contribution in [-0.4, -0.2) is 54.3 Å². The largest absolute Gasteiger partial charge is 0.440 e. The molecule has 0 radical (unpaired) electrons. The quantitative estimate of drug-likeness (QED) is 0.574. The van der Waals surface area contributed by atoms with Gasteiger partial charge in [-0.1, -0.05) is 43.3 Å². The highest BCUT2D eigenvalue weighted by Gasteiger charge is 2.56. The molecule has 6 heteroatoms. The van der Waals surface area contributed by atoms with Gasteiger partial charge in [0.2, 0.25) is 0 Å². The van der Waals surface area contributed by atoms with Crippen molar-refractivity contribution >= 4 is 6.09 Å². The lowest BCUT2D eigenvalue weighted by atomic mass is 9.81. The number of carbonyl (C=O) groups is 1. The minimum atomic E-state index is -0.568. The molecule has 2 saturated heterocycles. The first-order chi connectivity index (χ1) is 16.0. The number of ether oxygens (including phenoxy) is 2. The maximum absolute atomic E-state index is 13.6. The summed E-state index contributed by atoms with van der Waals surface area (Å²) in [6, 6.07) is 14.8. The van der Waals surface area contributed by atoms with E-state index >= 15 is 0 Å². The SMILES string of the molecule is CCN1CCC2(CC1)OC(=O)N(C(OC)c1ccc(C3CC3)cc1)C2Cc1ccc(F)cc1. The zero-order valence-electron chi connectivity index (χ0n) is 19.5. The molecule has 3 aliphatic rings. The van der Waals surface area contributed by atoms with Crippen LogP contribution in [0.1, 0.15) is 61.4 Å². The topological polar surface area (TPSA) is 42.0 Å². The van der Waals surface area contributed by atoms with Gasteiger partial charge in [0.05, 0.1) is 6.04 Å². The highest BCUT2D eigenvalue weighted by Crippen LogP contribution is 2.45. The van der Waals surface area contributed by atoms with Crippen LogP contribution in [0.2, 0.25) is 0 Å². The van der Waals surface area contributed by atoms with Crippen molar-refractivity contribution in [3.8, 4) is 0 Å². The summed E-state index contributed by atoms with van der Waals surface area (Å²) in [6.45, 7) is 4.94. The van der Waals surface area contributed by atoms with E-state index in [9.17, 15) is 9.18 Å². The average molecular weight is 453 g/mol. The Bertz CT molecular complexity index is 966. The number of benzene rings is 2. The third-order valence-electron chi connectivity index (χ3n) is 7.68. The molecule has 1 amide bonds. The van der Waals surface area contributed by atoms with E-state index in [1.807, 2.05) is 0 Å². The van der Waals surface area contributed by atoms with Crippen molar-refractivity contribution in [3.05, 3.63) is 71.0 Å². The van der Waals surface area contributed by atoms with E-state index in [4.69, 9.17) is 9.47 Å². The number of carbonyl (C=O) groups excluding carboxylic acids is 1. The molecule has 3 fully saturated rings. The molecular weight excluding hydrogens is 419 g/mol. The second kappa shape index (κ2) is 9.07. The van der Waals surface area contributed by atoms with E-state index in [-0.39, 0.29) is 18.0 Å². The fourth-order valence-corrected chi connectivity index (χ4v) is 5.51. The van der Waals surface area contributed by atoms with Crippen molar-refractivity contribution in [2.24, 2.45) is 0 Å². The second-order valence-electron chi connectivity index (χ2n) is 9.65. The number of amides is 1. The molecule has 2 unspecified atom stereocenters. The smallest absolute Gasteiger partial charge is 0.413 e. The van der Waals surface area contributed by atoms with Crippen LogP contribution in [0.4, 0.5) is 9.18 Å². The Morgan fingerprint density at radius 3 is 2.33 bits per heavy atom. The molecule has 5 nitrogen and oxygen atoms in total. The summed E-state index contributed by atoms with van der Waals surface area (Å²) in [4.78, 5) is 17.5. The van der Waals surface area contributed by atoms with Crippen LogP contribution in [0, 0.1) is 5.82 Å². The molecular formula is C27H33FN2O3. The van der Waals surface area contributed by atoms with Crippen molar-refractivity contribution < 1.29 is 18.7 Å². The monoisotopic (exact) mass is 452 g/mol. The van der Waals surface area contributed by atoms with Crippen molar-refractivity contribution in [2.45, 2.75) is 62.8 Å². The van der Waals surface area contributed by atoms with Gasteiger partial charge in [0.25, 0.3) is 0 Å². The van der Waals surface area contributed by atoms with Gasteiger partial charge in [0.15, 0.2) is 6.23 Å². The molecule has 2 atom stereocenters. The first-order valence-corrected chi connectivity index (χ1v) is 12.1. The third kappa shape index (κ3) is 4.38. The molecule has 2 heterocycles. The second-order valence-corrected chi connectivity index (χ2v) is 9.65. The molecule has 0 N–H and O–H groups in total. The summed E-state index contributed by atoms with van der Waals surface area (Å²) >= 11 is 0. The van der Waals surface area contributed by atoms with Crippen LogP contribution in [0.5, 0.6) is 0 Å². The molecule has 1 spiro atoms. The number of rotatable bonds is 7. The van der Waals surface area contributed by atoms with Crippen LogP contribution < -0.4 is 0 Å². The summed E-state index contributed by atoms with van der Waals surface area (Å²) in [6.07, 6.45) is 3.81. The van der Waals surface area contributed by atoms with Gasteiger partial charge in [-0.25, -0.2) is 9.18 Å². The van der Waals surface area contributed by atoms with Crippen LogP contribution in [-0.2, 0) is 15.9 Å². The minimum Gasteiger partial charge on any atom is -0.440 e. The van der Waals surface area contributed by atoms with Crippen molar-refractivity contribution in [1.82, 2.24) is 9.80 Å². The molecule has 0 bridgehead atoms. The number of hydrogen-bond donors (Lipinski definition) is 0. The predicted octanol–water partition coefficient (Wildman–Crippen LogP) is 5.27. The predicted molar refractivity (Wildman–Crippen MR) is 124 cm³/mol. The van der Waals surface area contributed by atoms with Crippen LogP contribution in [0.15, 0.2) is 48.5 Å². The number of piperidine rings is 1. The summed E-state index contributed by atoms with van der Waals surface area (Å²) in [7, 11) is 1.65. The van der Waals surface area contributed by atoms with Gasteiger partial charge in [-0.2, -0.15) is 0 Å². The molecule has 2 aromatic carbocycles. The molecule has 2 aromatic rings. The van der Waals surface area contributed by atoms with E-state index in [0.29, 0.717) is 12.3 Å². The van der Waals surface area contributed by atoms with E-state index < -0.39 is 11.8 Å². The van der Waals surface area contributed by atoms with Crippen molar-refractivity contribution in [2.75, 3.05) is 26.7 Å². The van der Waals surface area contributed by atoms with Crippen LogP contribution in [0.25, 0.3) is 0 Å². The zero-order chi connectivity index (χ0) is 23.0. The molecule has 1 saturated carbocycles. The van der Waals surface area contributed by atoms with Gasteiger partial charge < -0.3 is 14.4 Å². The maximum atomic E-state index is 13.6. The number of methoxy groups -OCH3 is 1. The number of nitrogens with zero attached hydrogens (tertiary/aromatic N) is 2. The lowest BCUT2D eigenvalue weighted by molar-refractivity contribution is -0.0462. The Morgan fingerprint density at radius 1 is 1.09 bits per heavy atom. The van der Waals surface area contributed by atoms with Crippen LogP contribution >= 0.6 is 0 Å². The van der Waals surface area contributed by atoms with E-state index in [1.165, 1.54) is 30.5 Å². The molecule has 5 rings (SSSR count). The summed E-state index contributed by atoms with van der Waals surface area (Å²) in [5.74, 6) is 0.417. The van der Waals surface area contributed by atoms with Gasteiger partial charge in [-0.3, -0.25) is 4.90 Å². The summed E-state index contributed by atoms with van der Waals surface area (Å²) < 4.78 is 25.7. The number of hydrogen-bond acceptors (Lipinski definition) is 4. The van der Waals surface area contributed by atoms with Crippen LogP contribution in [0.3, 0.4) is 0 Å². The average Bonchev–Trinajstić information content (AvgIpc) is 3.65. The lowest BCUT2D eigenvalue weighted by Gasteiger charge is -2.42. The minimum absolute atomic E-state index is 0.192. The van der Waals surface area contributed by atoms with E-state index in [1.54, 1.807) is 24.1 Å². The summed E-state index contributed by atoms with van der Waals surface area (Å²) in [5.41, 5.74) is 2.72. The van der Waals surface area contributed by atoms with Gasteiger partial charge in [-0.15, -0.1) is 0 Å². The van der Waals surface area contributed by atoms with Gasteiger partial charge in [-0.05, 0) is 55.0 Å². The standard InChI is InChI=1S/C27H33FN2O3/c1-3-29-16-14-27(15-17-29)24(18-19-4-12-23(28)13-5-19)30(26(31)33-27)25(32-2)22-10-8-21(9-11-22)20-6-7-20/h4-5,8-13,20,24-25H,3,6-7,14-18H2,1-2H3. The molecule has 176 valence electrons. The Kier molecular flexibility index (Phi) is 6.14. The number of halogens is 1. The maximum Gasteiger partial charge on any atom is 0.413 e. The fraction of sp³-hybridized carbons (Fsp3) is 0.519. The highest BCUT2D eigenvalue weighted by atomic mass is 19.1. The Balaban J connectivity index is 1.47.